The van der Waals surface area contributed by atoms with E-state index in [-0.39, 0.29) is 73.2 Å². The molecule has 1 aromatic heterocycles. The van der Waals surface area contributed by atoms with Crippen molar-refractivity contribution in [2.45, 2.75) is 71.3 Å². The van der Waals surface area contributed by atoms with Gasteiger partial charge in [0.25, 0.3) is 5.91 Å². The number of hydrogen-bond donors (Lipinski definition) is 4. The number of fused-ring (bicyclic) bond motifs is 4. The Labute approximate surface area is 404 Å². The third kappa shape index (κ3) is 11.8. The number of aromatic nitrogens is 1. The lowest BCUT2D eigenvalue weighted by atomic mass is 9.88. The second-order valence-corrected chi connectivity index (χ2v) is 19.1. The Morgan fingerprint density at radius 3 is 2.25 bits per heavy atom. The van der Waals surface area contributed by atoms with Crippen molar-refractivity contribution in [1.29, 1.82) is 0 Å². The van der Waals surface area contributed by atoms with Crippen LogP contribution in [0.1, 0.15) is 89.9 Å². The second kappa shape index (κ2) is 22.1. The normalized spacial score (nSPS) is 15.8. The van der Waals surface area contributed by atoms with E-state index in [2.05, 4.69) is 36.4 Å². The van der Waals surface area contributed by atoms with E-state index in [0.29, 0.717) is 66.1 Å². The van der Waals surface area contributed by atoms with Gasteiger partial charge in [-0.2, -0.15) is 0 Å². The first-order chi connectivity index (χ1) is 32.6. The van der Waals surface area contributed by atoms with Gasteiger partial charge < -0.3 is 45.6 Å². The molecule has 0 bridgehead atoms. The number of piperazine rings is 1. The highest BCUT2D eigenvalue weighted by atomic mass is 79.9. The molecule has 1 saturated heterocycles. The van der Waals surface area contributed by atoms with Gasteiger partial charge in [-0.25, -0.2) is 9.59 Å². The average molecular weight is 991 g/mol. The molecule has 0 saturated carbocycles. The maximum atomic E-state index is 14.4. The van der Waals surface area contributed by atoms with E-state index in [9.17, 15) is 33.6 Å². The van der Waals surface area contributed by atoms with Gasteiger partial charge in [0, 0.05) is 104 Å². The zero-order valence-corrected chi connectivity index (χ0v) is 40.7. The van der Waals surface area contributed by atoms with Crippen molar-refractivity contribution >= 4 is 84.6 Å². The topological polar surface area (TPSA) is 204 Å². The predicted molar refractivity (Wildman–Crippen MR) is 266 cm³/mol. The van der Waals surface area contributed by atoms with Crippen LogP contribution in [0.25, 0.3) is 21.7 Å². The van der Waals surface area contributed by atoms with Crippen molar-refractivity contribution in [2.24, 2.45) is 17.6 Å². The molecular weight excluding hydrogens is 931 g/mol. The highest BCUT2D eigenvalue weighted by molar-refractivity contribution is 9.09. The number of halogens is 1. The van der Waals surface area contributed by atoms with E-state index >= 15 is 0 Å². The number of ether oxygens (including phenoxy) is 1. The van der Waals surface area contributed by atoms with Crippen LogP contribution in [-0.2, 0) is 27.2 Å². The minimum atomic E-state index is -0.828. The smallest absolute Gasteiger partial charge is 0.409 e. The summed E-state index contributed by atoms with van der Waals surface area (Å²) < 4.78 is 6.08. The fourth-order valence-electron chi connectivity index (χ4n) is 9.17. The van der Waals surface area contributed by atoms with Gasteiger partial charge in [0.15, 0.2) is 11.6 Å². The average Bonchev–Trinajstić information content (AvgIpc) is 3.91. The molecule has 3 heterocycles. The van der Waals surface area contributed by atoms with Crippen molar-refractivity contribution < 1.29 is 38.3 Å². The van der Waals surface area contributed by atoms with Crippen molar-refractivity contribution in [3.8, 4) is 5.75 Å². The number of nitrogens with zero attached hydrogens (tertiary/aromatic N) is 3. The van der Waals surface area contributed by atoms with Crippen LogP contribution in [0.3, 0.4) is 0 Å². The first-order valence-corrected chi connectivity index (χ1v) is 24.4. The van der Waals surface area contributed by atoms with Gasteiger partial charge in [-0.05, 0) is 79.4 Å². The first kappa shape index (κ1) is 49.5. The number of hydrogen-bond acceptors (Lipinski definition) is 9. The van der Waals surface area contributed by atoms with Crippen molar-refractivity contribution in [3.63, 3.8) is 0 Å². The highest BCUT2D eigenvalue weighted by Crippen LogP contribution is 2.46. The number of nitrogens with two attached hydrogens (primary N) is 1. The van der Waals surface area contributed by atoms with Gasteiger partial charge in [-0.1, -0.05) is 84.4 Å². The van der Waals surface area contributed by atoms with Crippen LogP contribution in [0.2, 0.25) is 0 Å². The number of benzene rings is 4. The second-order valence-electron chi connectivity index (χ2n) is 18.4. The summed E-state index contributed by atoms with van der Waals surface area (Å²) in [6, 6.07) is 22.4. The van der Waals surface area contributed by atoms with Gasteiger partial charge in [0.2, 0.25) is 5.91 Å². The molecule has 68 heavy (non-hydrogen) atoms. The van der Waals surface area contributed by atoms with E-state index in [1.54, 1.807) is 40.1 Å². The fraction of sp³-hybridized carbons (Fsp3) is 0.404. The number of urea groups is 1. The Balaban J connectivity index is 1.02. The Morgan fingerprint density at radius 1 is 0.868 bits per heavy atom. The van der Waals surface area contributed by atoms with Gasteiger partial charge in [0.05, 0.1) is 11.7 Å². The number of primary amides is 1. The van der Waals surface area contributed by atoms with Crippen LogP contribution in [-0.4, -0.2) is 114 Å². The number of H-pyrrole nitrogens is 1. The molecule has 2 aliphatic rings. The fourth-order valence-corrected chi connectivity index (χ4v) is 9.70. The molecule has 3 atom stereocenters. The number of nitrogens with one attached hydrogen (secondary N) is 3. The number of amides is 5. The minimum absolute atomic E-state index is 0.00145. The molecule has 358 valence electrons. The number of alkyl halides is 1. The number of carbonyl (C=O) groups is 7. The Kier molecular flexibility index (Phi) is 16.1. The molecular formula is C52H60BrN7O8. The summed E-state index contributed by atoms with van der Waals surface area (Å²) in [5.41, 5.74) is 9.94. The standard InChI is InChI=1S/C52H60BrN7O8/c1-31(2)38(17-11-32(3)61)49(64)57-42(10-7-19-55-51(54)66)46(63)25-33-12-15-35(16-13-33)45(62)26-34-14-18-41-36(24-34)27-43(56-41)50(65)60-30-37(29-53)48-40-9-6-5-8-39(40)47(28-44(48)60)68-52(67)59-22-20-58(4)21-23-59/h5-6,8-9,12-16,18,24,27-28,31,37-38,42,56H,7,10-11,17,19-23,25-26,29-30H2,1-4H3,(H,57,64)(H3,54,55,66)/t37-,38+,42+/m1/s1. The molecule has 16 heteroatoms. The molecule has 0 unspecified atom stereocenters. The van der Waals surface area contributed by atoms with Crippen LogP contribution in [0.15, 0.2) is 78.9 Å². The Morgan fingerprint density at radius 2 is 1.57 bits per heavy atom. The van der Waals surface area contributed by atoms with Crippen LogP contribution < -0.4 is 26.0 Å². The SMILES string of the molecule is CC(=O)CC[C@H](C(=O)N[C@@H](CCCNC(N)=O)C(=O)Cc1ccc(C(=O)Cc2ccc3[nH]c(C(=O)N4C[C@@H](CBr)c5c4cc(OC(=O)N4CCN(C)CC4)c4ccccc54)cc3c2)cc1)C(C)C. The largest absolute Gasteiger partial charge is 0.415 e. The molecule has 2 aliphatic heterocycles. The van der Waals surface area contributed by atoms with Gasteiger partial charge in [-0.15, -0.1) is 0 Å². The Hall–Kier alpha value is -6.39. The van der Waals surface area contributed by atoms with E-state index < -0.39 is 24.1 Å². The van der Waals surface area contributed by atoms with Crippen LogP contribution in [0.4, 0.5) is 15.3 Å². The first-order valence-electron chi connectivity index (χ1n) is 23.3. The van der Waals surface area contributed by atoms with Crippen LogP contribution >= 0.6 is 15.9 Å². The van der Waals surface area contributed by atoms with E-state index in [0.717, 1.165) is 45.9 Å². The number of ketones is 3. The number of rotatable bonds is 19. The molecule has 5 N–H and O–H groups in total. The van der Waals surface area contributed by atoms with Gasteiger partial charge in [-0.3, -0.25) is 19.2 Å². The summed E-state index contributed by atoms with van der Waals surface area (Å²) in [5, 5.41) is 8.56. The third-order valence-corrected chi connectivity index (χ3v) is 13.9. The lowest BCUT2D eigenvalue weighted by molar-refractivity contribution is -0.131. The molecule has 5 amide bonds. The minimum Gasteiger partial charge on any atom is -0.409 e. The summed E-state index contributed by atoms with van der Waals surface area (Å²) >= 11 is 3.69. The molecule has 5 aromatic rings. The molecule has 0 aliphatic carbocycles. The van der Waals surface area contributed by atoms with Crippen molar-refractivity contribution in [1.82, 2.24) is 25.4 Å². The van der Waals surface area contributed by atoms with Crippen molar-refractivity contribution in [2.75, 3.05) is 56.5 Å². The van der Waals surface area contributed by atoms with Gasteiger partial charge >= 0.3 is 12.1 Å². The number of aromatic amines is 1. The molecule has 0 radical (unpaired) electrons. The quantitative estimate of drug-likeness (QED) is 0.0371. The predicted octanol–water partition coefficient (Wildman–Crippen LogP) is 7.32. The van der Waals surface area contributed by atoms with E-state index in [1.165, 1.54) is 6.92 Å². The summed E-state index contributed by atoms with van der Waals surface area (Å²) in [6.07, 6.45) is 1.02. The monoisotopic (exact) mass is 989 g/mol. The van der Waals surface area contributed by atoms with E-state index in [4.69, 9.17) is 10.5 Å². The summed E-state index contributed by atoms with van der Waals surface area (Å²) in [7, 11) is 2.03. The lowest BCUT2D eigenvalue weighted by Gasteiger charge is -2.31. The number of likely N-dealkylation sites (N-methyl/N-ethyl adjacent to an activating group) is 1. The maximum absolute atomic E-state index is 14.4. The molecule has 7 rings (SSSR count). The molecule has 0 spiro atoms. The number of Topliss-reactive ketones (excluding diaryl/α,β-unsaturated/α-hetero) is 3. The highest BCUT2D eigenvalue weighted by Gasteiger charge is 2.36. The molecule has 1 fully saturated rings. The third-order valence-electron chi connectivity index (χ3n) is 13.1. The zero-order valence-electron chi connectivity index (χ0n) is 39.1. The number of anilines is 1. The van der Waals surface area contributed by atoms with Gasteiger partial charge in [0.1, 0.15) is 17.2 Å². The van der Waals surface area contributed by atoms with E-state index in [1.807, 2.05) is 69.4 Å². The van der Waals surface area contributed by atoms with Crippen molar-refractivity contribution in [3.05, 3.63) is 107 Å². The summed E-state index contributed by atoms with van der Waals surface area (Å²) in [5.74, 6) is -0.981. The molecule has 15 nitrogen and oxygen atoms in total. The number of carbonyl (C=O) groups excluding carboxylic acids is 7. The molecule has 4 aromatic carbocycles. The summed E-state index contributed by atoms with van der Waals surface area (Å²) in [4.78, 5) is 100. The lowest BCUT2D eigenvalue weighted by Crippen LogP contribution is -2.48. The Bertz CT molecular complexity index is 2710. The summed E-state index contributed by atoms with van der Waals surface area (Å²) in [6.45, 7) is 8.62. The zero-order chi connectivity index (χ0) is 48.6. The maximum Gasteiger partial charge on any atom is 0.415 e. The van der Waals surface area contributed by atoms with Crippen LogP contribution in [0, 0.1) is 11.8 Å². The van der Waals surface area contributed by atoms with Crippen LogP contribution in [0.5, 0.6) is 5.75 Å².